The highest BCUT2D eigenvalue weighted by molar-refractivity contribution is 6.01. The van der Waals surface area contributed by atoms with E-state index in [1.54, 1.807) is 18.2 Å². The van der Waals surface area contributed by atoms with Crippen LogP contribution in [0.3, 0.4) is 0 Å². The fourth-order valence-electron chi connectivity index (χ4n) is 4.53. The molecule has 0 atom stereocenters. The number of rotatable bonds is 8. The zero-order chi connectivity index (χ0) is 25.9. The van der Waals surface area contributed by atoms with Crippen molar-refractivity contribution < 1.29 is 4.39 Å². The van der Waals surface area contributed by atoms with E-state index in [0.717, 1.165) is 73.3 Å². The molecule has 0 fully saturated rings. The summed E-state index contributed by atoms with van der Waals surface area (Å²) in [5.41, 5.74) is 9.42. The average molecular weight is 489 g/mol. The summed E-state index contributed by atoms with van der Waals surface area (Å²) in [5, 5.41) is 13.1. The number of hydrogen-bond acceptors (Lipinski definition) is 2. The summed E-state index contributed by atoms with van der Waals surface area (Å²) in [7, 11) is 0. The second-order valence-electron chi connectivity index (χ2n) is 8.92. The van der Waals surface area contributed by atoms with Crippen LogP contribution in [-0.4, -0.2) is 15.2 Å². The Labute approximate surface area is 215 Å². The predicted octanol–water partition coefficient (Wildman–Crippen LogP) is 8.50. The van der Waals surface area contributed by atoms with Gasteiger partial charge in [0.05, 0.1) is 11.2 Å². The number of fused-ring (bicyclic) bond motifs is 2. The predicted molar refractivity (Wildman–Crippen MR) is 153 cm³/mol. The van der Waals surface area contributed by atoms with Crippen molar-refractivity contribution in [1.29, 1.82) is 0 Å². The molecule has 0 saturated carbocycles. The van der Waals surface area contributed by atoms with E-state index in [1.165, 1.54) is 6.07 Å². The first-order valence-corrected chi connectivity index (χ1v) is 12.3. The summed E-state index contributed by atoms with van der Waals surface area (Å²) >= 11 is 0. The summed E-state index contributed by atoms with van der Waals surface area (Å²) in [6.45, 7) is 12.1. The van der Waals surface area contributed by atoms with E-state index in [-0.39, 0.29) is 5.82 Å². The van der Waals surface area contributed by atoms with E-state index >= 15 is 0 Å². The van der Waals surface area contributed by atoms with Crippen LogP contribution in [0.5, 0.6) is 0 Å². The number of aromatic amines is 2. The number of H-pyrrole nitrogens is 2. The van der Waals surface area contributed by atoms with Crippen LogP contribution in [0.15, 0.2) is 110 Å². The molecule has 5 aromatic rings. The zero-order valence-corrected chi connectivity index (χ0v) is 21.0. The van der Waals surface area contributed by atoms with E-state index in [4.69, 9.17) is 0 Å². The Balaban J connectivity index is 1.58. The largest absolute Gasteiger partial charge is 0.359 e. The van der Waals surface area contributed by atoms with Crippen molar-refractivity contribution in [2.24, 2.45) is 0 Å². The third kappa shape index (κ3) is 4.76. The van der Waals surface area contributed by atoms with Crippen molar-refractivity contribution in [2.75, 3.05) is 0 Å². The first-order valence-electron chi connectivity index (χ1n) is 12.3. The van der Waals surface area contributed by atoms with Crippen LogP contribution in [0.2, 0.25) is 0 Å². The van der Waals surface area contributed by atoms with Crippen LogP contribution in [-0.2, 0) is 0 Å². The van der Waals surface area contributed by atoms with Gasteiger partial charge in [-0.05, 0) is 84.2 Å². The lowest BCUT2D eigenvalue weighted by Crippen LogP contribution is -2.09. The average Bonchev–Trinajstić information content (AvgIpc) is 3.54. The van der Waals surface area contributed by atoms with Gasteiger partial charge in [-0.2, -0.15) is 5.10 Å². The van der Waals surface area contributed by atoms with Crippen LogP contribution < -0.4 is 5.32 Å². The highest BCUT2D eigenvalue weighted by Gasteiger charge is 2.15. The number of aromatic nitrogens is 3. The standard InChI is InChI=1S/C32H29FN4/c1-5-20(4)34-25(7-3)17-21(6-2)22-14-15-30-28(18-22)32(37-36-30)31-19-27-26(12-9-13-29(27)35-31)23-10-8-11-24(33)16-23/h6-19,34-35H,3-5H2,1-2H3,(H,36,37)/b21-6+,25-17+. The molecular formula is C32H29FN4. The molecule has 0 bridgehead atoms. The van der Waals surface area contributed by atoms with Crippen LogP contribution in [0, 0.1) is 5.82 Å². The molecular weight excluding hydrogens is 459 g/mol. The van der Waals surface area contributed by atoms with E-state index in [2.05, 4.69) is 70.9 Å². The Morgan fingerprint density at radius 3 is 2.62 bits per heavy atom. The van der Waals surface area contributed by atoms with Crippen LogP contribution in [0.1, 0.15) is 25.8 Å². The number of nitrogens with zero attached hydrogens (tertiary/aromatic N) is 1. The third-order valence-electron chi connectivity index (χ3n) is 6.54. The summed E-state index contributed by atoms with van der Waals surface area (Å²) in [4.78, 5) is 3.51. The van der Waals surface area contributed by atoms with Gasteiger partial charge in [-0.15, -0.1) is 0 Å². The number of nitrogens with one attached hydrogen (secondary N) is 3. The lowest BCUT2D eigenvalue weighted by Gasteiger charge is -2.10. The quantitative estimate of drug-likeness (QED) is 0.192. The fraction of sp³-hybridized carbons (Fsp3) is 0.0938. The second kappa shape index (κ2) is 10.2. The van der Waals surface area contributed by atoms with Gasteiger partial charge in [-0.1, -0.05) is 56.5 Å². The highest BCUT2D eigenvalue weighted by Crippen LogP contribution is 2.35. The van der Waals surface area contributed by atoms with Crippen LogP contribution >= 0.6 is 0 Å². The smallest absolute Gasteiger partial charge is 0.123 e. The molecule has 0 aliphatic rings. The molecule has 184 valence electrons. The molecule has 0 saturated heterocycles. The molecule has 4 nitrogen and oxygen atoms in total. The molecule has 5 rings (SSSR count). The third-order valence-corrected chi connectivity index (χ3v) is 6.54. The zero-order valence-electron chi connectivity index (χ0n) is 21.0. The molecule has 0 amide bonds. The van der Waals surface area contributed by atoms with E-state index in [0.29, 0.717) is 0 Å². The van der Waals surface area contributed by atoms with Crippen LogP contribution in [0.25, 0.3) is 49.9 Å². The monoisotopic (exact) mass is 488 g/mol. The van der Waals surface area contributed by atoms with Gasteiger partial charge >= 0.3 is 0 Å². The molecule has 0 radical (unpaired) electrons. The minimum absolute atomic E-state index is 0.251. The SMILES string of the molecule is C=C/C(=C\C(=C/C)c1ccc2[nH]nc(-c3cc4c(-c5cccc(F)c5)cccc4[nH]3)c2c1)NC(=C)CC. The van der Waals surface area contributed by atoms with E-state index < -0.39 is 0 Å². The number of halogens is 1. The van der Waals surface area contributed by atoms with Crippen molar-refractivity contribution >= 4 is 27.4 Å². The highest BCUT2D eigenvalue weighted by atomic mass is 19.1. The van der Waals surface area contributed by atoms with Gasteiger partial charge in [0, 0.05) is 27.7 Å². The molecule has 3 aromatic carbocycles. The van der Waals surface area contributed by atoms with Gasteiger partial charge in [0.15, 0.2) is 0 Å². The van der Waals surface area contributed by atoms with E-state index in [1.807, 2.05) is 37.3 Å². The molecule has 3 N–H and O–H groups in total. The van der Waals surface area contributed by atoms with Crippen molar-refractivity contribution in [1.82, 2.24) is 20.5 Å². The Morgan fingerprint density at radius 1 is 1.03 bits per heavy atom. The molecule has 0 unspecified atom stereocenters. The first-order chi connectivity index (χ1) is 18.0. The van der Waals surface area contributed by atoms with Gasteiger partial charge < -0.3 is 10.3 Å². The number of allylic oxidation sites excluding steroid dienone is 5. The normalized spacial score (nSPS) is 12.3. The van der Waals surface area contributed by atoms with Gasteiger partial charge in [-0.25, -0.2) is 4.39 Å². The van der Waals surface area contributed by atoms with Gasteiger partial charge in [0.25, 0.3) is 0 Å². The lowest BCUT2D eigenvalue weighted by atomic mass is 10.0. The maximum absolute atomic E-state index is 13.9. The van der Waals surface area contributed by atoms with E-state index in [9.17, 15) is 4.39 Å². The molecule has 0 aliphatic carbocycles. The second-order valence-corrected chi connectivity index (χ2v) is 8.92. The minimum atomic E-state index is -0.251. The Morgan fingerprint density at radius 2 is 1.86 bits per heavy atom. The lowest BCUT2D eigenvalue weighted by molar-refractivity contribution is 0.628. The molecule has 37 heavy (non-hydrogen) atoms. The maximum atomic E-state index is 13.9. The summed E-state index contributed by atoms with van der Waals surface area (Å²) < 4.78 is 13.9. The molecule has 0 aliphatic heterocycles. The molecule has 2 heterocycles. The van der Waals surface area contributed by atoms with Gasteiger partial charge in [0.1, 0.15) is 11.5 Å². The molecule has 0 spiro atoms. The van der Waals surface area contributed by atoms with Crippen molar-refractivity contribution in [3.05, 3.63) is 121 Å². The van der Waals surface area contributed by atoms with Gasteiger partial charge in [-0.3, -0.25) is 5.10 Å². The Bertz CT molecular complexity index is 1700. The Kier molecular flexibility index (Phi) is 6.60. The fourth-order valence-corrected chi connectivity index (χ4v) is 4.53. The van der Waals surface area contributed by atoms with Crippen LogP contribution in [0.4, 0.5) is 4.39 Å². The summed E-state index contributed by atoms with van der Waals surface area (Å²) in [5.74, 6) is -0.251. The topological polar surface area (TPSA) is 56.5 Å². The summed E-state index contributed by atoms with van der Waals surface area (Å²) in [6.07, 6.45) is 6.79. The number of hydrogen-bond donors (Lipinski definition) is 3. The van der Waals surface area contributed by atoms with Crippen molar-refractivity contribution in [2.45, 2.75) is 20.3 Å². The molecule has 2 aromatic heterocycles. The number of benzene rings is 3. The van der Waals surface area contributed by atoms with Crippen molar-refractivity contribution in [3.63, 3.8) is 0 Å². The molecule has 5 heteroatoms. The van der Waals surface area contributed by atoms with Crippen molar-refractivity contribution in [3.8, 4) is 22.5 Å². The minimum Gasteiger partial charge on any atom is -0.359 e. The van der Waals surface area contributed by atoms with Gasteiger partial charge in [0.2, 0.25) is 0 Å². The summed E-state index contributed by atoms with van der Waals surface area (Å²) in [6, 6.07) is 21.1. The first kappa shape index (κ1) is 24.1. The maximum Gasteiger partial charge on any atom is 0.123 e. The Hall–Kier alpha value is -4.64.